The molecule has 1 unspecified atom stereocenters. The van der Waals surface area contributed by atoms with Crippen LogP contribution in [0.25, 0.3) is 0 Å². The van der Waals surface area contributed by atoms with Crippen molar-refractivity contribution in [3.8, 4) is 5.75 Å². The minimum Gasteiger partial charge on any atom is -0.496 e. The molecule has 3 heteroatoms. The van der Waals surface area contributed by atoms with Crippen LogP contribution < -0.4 is 4.74 Å². The average Bonchev–Trinajstić information content (AvgIpc) is 2.26. The third kappa shape index (κ3) is 2.64. The molecule has 88 valence electrons. The van der Waals surface area contributed by atoms with Crippen molar-refractivity contribution in [1.29, 1.82) is 0 Å². The van der Waals surface area contributed by atoms with Crippen LogP contribution in [0.2, 0.25) is 0 Å². The average molecular weight is 285 g/mol. The lowest BCUT2D eigenvalue weighted by Crippen LogP contribution is -2.13. The van der Waals surface area contributed by atoms with E-state index in [1.807, 2.05) is 32.9 Å². The molecular weight excluding hydrogens is 268 g/mol. The van der Waals surface area contributed by atoms with E-state index in [-0.39, 0.29) is 10.6 Å². The van der Waals surface area contributed by atoms with Crippen molar-refractivity contribution in [1.82, 2.24) is 0 Å². The number of ketones is 1. The van der Waals surface area contributed by atoms with Gasteiger partial charge in [0.2, 0.25) is 0 Å². The maximum atomic E-state index is 12.0. The highest BCUT2D eigenvalue weighted by molar-refractivity contribution is 9.10. The maximum Gasteiger partial charge on any atom is 0.176 e. The van der Waals surface area contributed by atoms with Gasteiger partial charge in [0, 0.05) is 5.56 Å². The van der Waals surface area contributed by atoms with Crippen LogP contribution >= 0.6 is 15.9 Å². The van der Waals surface area contributed by atoms with E-state index in [1.165, 1.54) is 0 Å². The molecule has 1 atom stereocenters. The monoisotopic (exact) mass is 284 g/mol. The number of ether oxygens (including phenoxy) is 1. The number of methoxy groups -OCH3 is 1. The van der Waals surface area contributed by atoms with Gasteiger partial charge >= 0.3 is 0 Å². The predicted octanol–water partition coefficient (Wildman–Crippen LogP) is 3.67. The number of halogens is 1. The van der Waals surface area contributed by atoms with E-state index in [2.05, 4.69) is 15.9 Å². The number of Topliss-reactive ketones (excluding diaryl/α,β-unsaturated/α-hetero) is 1. The molecule has 0 radical (unpaired) electrons. The second kappa shape index (κ2) is 5.48. The zero-order valence-corrected chi connectivity index (χ0v) is 11.7. The molecule has 0 heterocycles. The van der Waals surface area contributed by atoms with Gasteiger partial charge in [-0.05, 0) is 43.5 Å². The van der Waals surface area contributed by atoms with Crippen LogP contribution in [0.1, 0.15) is 34.8 Å². The van der Waals surface area contributed by atoms with Gasteiger partial charge in [-0.2, -0.15) is 0 Å². The molecule has 0 aliphatic heterocycles. The summed E-state index contributed by atoms with van der Waals surface area (Å²) in [6.07, 6.45) is 0.795. The summed E-state index contributed by atoms with van der Waals surface area (Å²) in [7, 11) is 1.65. The van der Waals surface area contributed by atoms with Crippen LogP contribution in [-0.2, 0) is 0 Å². The van der Waals surface area contributed by atoms with Crippen LogP contribution in [0.5, 0.6) is 5.75 Å². The molecule has 0 spiro atoms. The molecule has 1 aromatic rings. The van der Waals surface area contributed by atoms with E-state index >= 15 is 0 Å². The van der Waals surface area contributed by atoms with Crippen molar-refractivity contribution in [2.24, 2.45) is 0 Å². The summed E-state index contributed by atoms with van der Waals surface area (Å²) in [5.74, 6) is 0.996. The molecule has 0 aromatic heterocycles. The molecule has 16 heavy (non-hydrogen) atoms. The normalized spacial score (nSPS) is 12.3. The zero-order chi connectivity index (χ0) is 12.3. The van der Waals surface area contributed by atoms with Crippen molar-refractivity contribution < 1.29 is 9.53 Å². The van der Waals surface area contributed by atoms with E-state index in [1.54, 1.807) is 7.11 Å². The van der Waals surface area contributed by atoms with Gasteiger partial charge in [-0.3, -0.25) is 4.79 Å². The fourth-order valence-electron chi connectivity index (χ4n) is 1.78. The van der Waals surface area contributed by atoms with Gasteiger partial charge in [0.15, 0.2) is 5.78 Å². The third-order valence-corrected chi connectivity index (χ3v) is 3.66. The van der Waals surface area contributed by atoms with Crippen molar-refractivity contribution in [3.05, 3.63) is 28.8 Å². The smallest absolute Gasteiger partial charge is 0.176 e. The Morgan fingerprint density at radius 2 is 1.88 bits per heavy atom. The number of hydrogen-bond acceptors (Lipinski definition) is 2. The van der Waals surface area contributed by atoms with E-state index < -0.39 is 0 Å². The first kappa shape index (κ1) is 13.2. The van der Waals surface area contributed by atoms with Crippen LogP contribution in [0.3, 0.4) is 0 Å². The second-order valence-electron chi connectivity index (χ2n) is 3.88. The number of hydrogen-bond donors (Lipinski definition) is 0. The Morgan fingerprint density at radius 1 is 1.38 bits per heavy atom. The number of aryl methyl sites for hydroxylation is 2. The summed E-state index contributed by atoms with van der Waals surface area (Å²) >= 11 is 3.38. The highest BCUT2D eigenvalue weighted by Gasteiger charge is 2.17. The molecule has 0 amide bonds. The summed E-state index contributed by atoms with van der Waals surface area (Å²) in [5.41, 5.74) is 2.75. The molecule has 0 N–H and O–H groups in total. The molecule has 1 rings (SSSR count). The van der Waals surface area contributed by atoms with E-state index in [0.29, 0.717) is 0 Å². The first-order valence-corrected chi connectivity index (χ1v) is 6.26. The Labute approximate surface area is 105 Å². The van der Waals surface area contributed by atoms with Crippen molar-refractivity contribution in [2.45, 2.75) is 32.0 Å². The number of benzene rings is 1. The SMILES string of the molecule is CCC(Br)C(=O)c1cc(C)c(OC)c(C)c1. The maximum absolute atomic E-state index is 12.0. The Morgan fingerprint density at radius 3 is 2.25 bits per heavy atom. The molecule has 0 saturated carbocycles. The van der Waals surface area contributed by atoms with Crippen molar-refractivity contribution in [2.75, 3.05) is 7.11 Å². The number of alkyl halides is 1. The van der Waals surface area contributed by atoms with E-state index in [4.69, 9.17) is 4.74 Å². The second-order valence-corrected chi connectivity index (χ2v) is 4.99. The van der Waals surface area contributed by atoms with Gasteiger partial charge in [-0.25, -0.2) is 0 Å². The Bertz CT molecular complexity index is 376. The third-order valence-electron chi connectivity index (χ3n) is 2.59. The number of rotatable bonds is 4. The first-order chi connectivity index (χ1) is 7.51. The molecule has 0 bridgehead atoms. The highest BCUT2D eigenvalue weighted by Crippen LogP contribution is 2.26. The van der Waals surface area contributed by atoms with Gasteiger partial charge in [0.1, 0.15) is 5.75 Å². The quantitative estimate of drug-likeness (QED) is 0.623. The topological polar surface area (TPSA) is 26.3 Å². The molecule has 0 saturated heterocycles. The van der Waals surface area contributed by atoms with Crippen LogP contribution in [0.15, 0.2) is 12.1 Å². The fourth-order valence-corrected chi connectivity index (χ4v) is 2.05. The molecule has 0 fully saturated rings. The summed E-state index contributed by atoms with van der Waals surface area (Å²) in [4.78, 5) is 11.9. The molecular formula is C13H17BrO2. The summed E-state index contributed by atoms with van der Waals surface area (Å²) in [6.45, 7) is 5.90. The molecule has 2 nitrogen and oxygen atoms in total. The number of carbonyl (C=O) groups excluding carboxylic acids is 1. The summed E-state index contributed by atoms with van der Waals surface area (Å²) < 4.78 is 5.27. The standard InChI is InChI=1S/C13H17BrO2/c1-5-11(14)12(15)10-6-8(2)13(16-4)9(3)7-10/h6-7,11H,5H2,1-4H3. The largest absolute Gasteiger partial charge is 0.496 e. The molecule has 0 aliphatic rings. The minimum atomic E-state index is -0.0975. The fraction of sp³-hybridized carbons (Fsp3) is 0.462. The lowest BCUT2D eigenvalue weighted by molar-refractivity contribution is 0.0990. The predicted molar refractivity (Wildman–Crippen MR) is 69.8 cm³/mol. The Balaban J connectivity index is 3.13. The van der Waals surface area contributed by atoms with Gasteiger partial charge in [0.05, 0.1) is 11.9 Å². The lowest BCUT2D eigenvalue weighted by atomic mass is 10.0. The van der Waals surface area contributed by atoms with Crippen LogP contribution in [0, 0.1) is 13.8 Å². The molecule has 0 aliphatic carbocycles. The zero-order valence-electron chi connectivity index (χ0n) is 10.1. The van der Waals surface area contributed by atoms with Gasteiger partial charge < -0.3 is 4.74 Å². The summed E-state index contributed by atoms with van der Waals surface area (Å²) in [5, 5.41) is 0. The van der Waals surface area contributed by atoms with Gasteiger partial charge in [-0.1, -0.05) is 22.9 Å². The van der Waals surface area contributed by atoms with Crippen LogP contribution in [0.4, 0.5) is 0 Å². The highest BCUT2D eigenvalue weighted by atomic mass is 79.9. The van der Waals surface area contributed by atoms with Crippen molar-refractivity contribution in [3.63, 3.8) is 0 Å². The number of carbonyl (C=O) groups is 1. The van der Waals surface area contributed by atoms with E-state index in [9.17, 15) is 4.79 Å². The van der Waals surface area contributed by atoms with Gasteiger partial charge in [0.25, 0.3) is 0 Å². The van der Waals surface area contributed by atoms with E-state index in [0.717, 1.165) is 28.9 Å². The Hall–Kier alpha value is -0.830. The first-order valence-electron chi connectivity index (χ1n) is 5.34. The minimum absolute atomic E-state index is 0.0975. The van der Waals surface area contributed by atoms with Crippen LogP contribution in [-0.4, -0.2) is 17.7 Å². The summed E-state index contributed by atoms with van der Waals surface area (Å²) in [6, 6.07) is 3.77. The Kier molecular flexibility index (Phi) is 4.54. The molecule has 1 aromatic carbocycles. The van der Waals surface area contributed by atoms with Gasteiger partial charge in [-0.15, -0.1) is 0 Å². The van der Waals surface area contributed by atoms with Crippen molar-refractivity contribution >= 4 is 21.7 Å². The lowest BCUT2D eigenvalue weighted by Gasteiger charge is -2.12.